The zero-order valence-corrected chi connectivity index (χ0v) is 23.7. The number of unbranched alkanes of at least 4 members (excludes halogenated alkanes) is 5. The van der Waals surface area contributed by atoms with Gasteiger partial charge in [-0.15, -0.1) is 13.2 Å². The Kier molecular flexibility index (Phi) is 10.6. The number of allylic oxidation sites excluding steroid dienone is 1. The van der Waals surface area contributed by atoms with Crippen molar-refractivity contribution < 1.29 is 29.0 Å². The summed E-state index contributed by atoms with van der Waals surface area (Å²) < 4.78 is 12.4. The number of likely N-dealkylation sites (tertiary alicyclic amines) is 1. The number of esters is 1. The highest BCUT2D eigenvalue weighted by Gasteiger charge is 2.80. The van der Waals surface area contributed by atoms with Crippen molar-refractivity contribution >= 4 is 17.8 Å². The average Bonchev–Trinajstić information content (AvgIpc) is 3.40. The maximum Gasteiger partial charge on any atom is 0.312 e. The summed E-state index contributed by atoms with van der Waals surface area (Å²) in [5.41, 5.74) is -1.92. The van der Waals surface area contributed by atoms with Crippen LogP contribution in [0, 0.1) is 17.8 Å². The van der Waals surface area contributed by atoms with Gasteiger partial charge in [0.1, 0.15) is 17.6 Å². The summed E-state index contributed by atoms with van der Waals surface area (Å²) in [5.74, 6) is -2.21. The lowest BCUT2D eigenvalue weighted by molar-refractivity contribution is -0.162. The van der Waals surface area contributed by atoms with Crippen LogP contribution in [0.5, 0.6) is 0 Å². The van der Waals surface area contributed by atoms with E-state index in [2.05, 4.69) is 20.1 Å². The molecule has 0 aliphatic carbocycles. The lowest BCUT2D eigenvalue weighted by atomic mass is 9.62. The summed E-state index contributed by atoms with van der Waals surface area (Å²) in [7, 11) is 0. The van der Waals surface area contributed by atoms with Crippen LogP contribution >= 0.6 is 0 Å². The molecular formula is C30H48N2O6. The van der Waals surface area contributed by atoms with Gasteiger partial charge in [0.15, 0.2) is 0 Å². The standard InChI is InChI=1S/C30H48N2O6/c1-6-9-15-20-37-28(36)24-23-26(34)32(18-13-11-12-14-19-33)25(27(35)31(16-8-3)17-10-7-2)30(23)21-22(4)29(24,5)38-30/h6,8,22-25,33H,1,3,7,9-21H2,2,4-5H3/t22?,23-,24+,25?,29-,30?/m0/s1. The highest BCUT2D eigenvalue weighted by molar-refractivity contribution is 5.98. The van der Waals surface area contributed by atoms with Crippen molar-refractivity contribution in [3.05, 3.63) is 25.3 Å². The predicted molar refractivity (Wildman–Crippen MR) is 146 cm³/mol. The van der Waals surface area contributed by atoms with Crippen LogP contribution in [0.15, 0.2) is 25.3 Å². The Morgan fingerprint density at radius 3 is 2.58 bits per heavy atom. The number of carbonyl (C=O) groups excluding carboxylic acids is 3. The van der Waals surface area contributed by atoms with Crippen LogP contribution in [-0.2, 0) is 23.9 Å². The molecule has 0 radical (unpaired) electrons. The van der Waals surface area contributed by atoms with Crippen LogP contribution in [0.25, 0.3) is 0 Å². The molecular weight excluding hydrogens is 484 g/mol. The Hall–Kier alpha value is -2.19. The monoisotopic (exact) mass is 532 g/mol. The van der Waals surface area contributed by atoms with E-state index in [1.54, 1.807) is 22.0 Å². The molecule has 0 aromatic heterocycles. The molecule has 3 rings (SSSR count). The predicted octanol–water partition coefficient (Wildman–Crippen LogP) is 3.87. The van der Waals surface area contributed by atoms with E-state index in [0.717, 1.165) is 38.5 Å². The van der Waals surface area contributed by atoms with Gasteiger partial charge < -0.3 is 24.4 Å². The molecule has 1 spiro atoms. The fraction of sp³-hybridized carbons (Fsp3) is 0.767. The molecule has 2 amide bonds. The second-order valence-corrected chi connectivity index (χ2v) is 11.4. The van der Waals surface area contributed by atoms with E-state index in [1.807, 2.05) is 13.8 Å². The topological polar surface area (TPSA) is 96.4 Å². The van der Waals surface area contributed by atoms with Crippen LogP contribution in [0.1, 0.15) is 78.6 Å². The van der Waals surface area contributed by atoms with Crippen molar-refractivity contribution in [2.45, 2.75) is 95.8 Å². The van der Waals surface area contributed by atoms with Crippen molar-refractivity contribution in [2.75, 3.05) is 32.8 Å². The van der Waals surface area contributed by atoms with Gasteiger partial charge in [-0.2, -0.15) is 0 Å². The number of nitrogens with zero attached hydrogens (tertiary/aromatic N) is 2. The fourth-order valence-corrected chi connectivity index (χ4v) is 6.82. The molecule has 38 heavy (non-hydrogen) atoms. The molecule has 8 heteroatoms. The molecule has 3 heterocycles. The van der Waals surface area contributed by atoms with Crippen LogP contribution in [-0.4, -0.2) is 82.8 Å². The molecule has 3 fully saturated rings. The molecule has 8 nitrogen and oxygen atoms in total. The second kappa shape index (κ2) is 13.2. The Morgan fingerprint density at radius 1 is 1.18 bits per heavy atom. The third-order valence-corrected chi connectivity index (χ3v) is 8.85. The maximum atomic E-state index is 14.2. The van der Waals surface area contributed by atoms with Gasteiger partial charge in [-0.25, -0.2) is 0 Å². The maximum absolute atomic E-state index is 14.2. The van der Waals surface area contributed by atoms with Crippen LogP contribution in [0.3, 0.4) is 0 Å². The number of carbonyl (C=O) groups is 3. The van der Waals surface area contributed by atoms with Crippen LogP contribution < -0.4 is 0 Å². The molecule has 214 valence electrons. The molecule has 0 aromatic rings. The fourth-order valence-electron chi connectivity index (χ4n) is 6.82. The highest BCUT2D eigenvalue weighted by atomic mass is 16.6. The van der Waals surface area contributed by atoms with Gasteiger partial charge in [-0.1, -0.05) is 45.3 Å². The van der Waals surface area contributed by atoms with E-state index >= 15 is 0 Å². The molecule has 3 aliphatic rings. The number of aliphatic hydroxyl groups is 1. The van der Waals surface area contributed by atoms with E-state index < -0.39 is 35.0 Å². The third kappa shape index (κ3) is 5.57. The minimum absolute atomic E-state index is 0.0134. The van der Waals surface area contributed by atoms with Gasteiger partial charge in [-0.3, -0.25) is 14.4 Å². The summed E-state index contributed by atoms with van der Waals surface area (Å²) >= 11 is 0. The van der Waals surface area contributed by atoms with Gasteiger partial charge in [-0.05, 0) is 51.4 Å². The molecule has 6 atom stereocenters. The van der Waals surface area contributed by atoms with E-state index in [4.69, 9.17) is 14.6 Å². The number of fused-ring (bicyclic) bond motifs is 1. The van der Waals surface area contributed by atoms with E-state index in [0.29, 0.717) is 38.9 Å². The number of hydrogen-bond acceptors (Lipinski definition) is 6. The number of ether oxygens (including phenoxy) is 2. The van der Waals surface area contributed by atoms with Gasteiger partial charge in [0.05, 0.1) is 18.1 Å². The Bertz CT molecular complexity index is 877. The summed E-state index contributed by atoms with van der Waals surface area (Å²) in [6, 6.07) is -0.780. The molecule has 3 unspecified atom stereocenters. The molecule has 1 N–H and O–H groups in total. The summed E-state index contributed by atoms with van der Waals surface area (Å²) in [6.45, 7) is 15.4. The first-order chi connectivity index (χ1) is 18.2. The van der Waals surface area contributed by atoms with Crippen molar-refractivity contribution in [3.8, 4) is 0 Å². The van der Waals surface area contributed by atoms with Gasteiger partial charge >= 0.3 is 5.97 Å². The number of aliphatic hydroxyl groups excluding tert-OH is 1. The summed E-state index contributed by atoms with van der Waals surface area (Å²) in [5, 5.41) is 9.13. The molecule has 3 aliphatic heterocycles. The van der Waals surface area contributed by atoms with Crippen molar-refractivity contribution in [1.29, 1.82) is 0 Å². The van der Waals surface area contributed by atoms with E-state index in [1.165, 1.54) is 0 Å². The first-order valence-corrected chi connectivity index (χ1v) is 14.5. The van der Waals surface area contributed by atoms with Crippen molar-refractivity contribution in [1.82, 2.24) is 9.80 Å². The lowest BCUT2D eigenvalue weighted by Gasteiger charge is -2.37. The van der Waals surface area contributed by atoms with E-state index in [-0.39, 0.29) is 30.9 Å². The SMILES string of the molecule is C=CCCCOC(=O)[C@H]1[C@H]2C(=O)N(CCCCCCO)C(C(=O)N(CC=C)CCCC)C23CC(C)[C@]1(C)O3. The van der Waals surface area contributed by atoms with E-state index in [9.17, 15) is 14.4 Å². The Morgan fingerprint density at radius 2 is 1.92 bits per heavy atom. The van der Waals surface area contributed by atoms with Gasteiger partial charge in [0, 0.05) is 26.2 Å². The molecule has 0 saturated carbocycles. The van der Waals surface area contributed by atoms with Crippen molar-refractivity contribution in [2.24, 2.45) is 17.8 Å². The average molecular weight is 533 g/mol. The zero-order chi connectivity index (χ0) is 27.9. The van der Waals surface area contributed by atoms with Gasteiger partial charge in [0.25, 0.3) is 0 Å². The molecule has 2 bridgehead atoms. The largest absolute Gasteiger partial charge is 0.465 e. The summed E-state index contributed by atoms with van der Waals surface area (Å²) in [6.07, 6.45) is 10.4. The summed E-state index contributed by atoms with van der Waals surface area (Å²) in [4.78, 5) is 45.4. The first kappa shape index (κ1) is 30.4. The second-order valence-electron chi connectivity index (χ2n) is 11.4. The number of rotatable bonds is 17. The zero-order valence-electron chi connectivity index (χ0n) is 23.7. The molecule has 3 saturated heterocycles. The minimum atomic E-state index is -1.05. The smallest absolute Gasteiger partial charge is 0.312 e. The quantitative estimate of drug-likeness (QED) is 0.174. The van der Waals surface area contributed by atoms with Crippen molar-refractivity contribution in [3.63, 3.8) is 0 Å². The third-order valence-electron chi connectivity index (χ3n) is 8.85. The number of amides is 2. The van der Waals surface area contributed by atoms with Crippen LogP contribution in [0.2, 0.25) is 0 Å². The Labute approximate surface area is 228 Å². The van der Waals surface area contributed by atoms with Crippen LogP contribution in [0.4, 0.5) is 0 Å². The van der Waals surface area contributed by atoms with Gasteiger partial charge in [0.2, 0.25) is 11.8 Å². The Balaban J connectivity index is 1.96. The lowest BCUT2D eigenvalue weighted by Crippen LogP contribution is -2.56. The minimum Gasteiger partial charge on any atom is -0.465 e. The first-order valence-electron chi connectivity index (χ1n) is 14.5. The highest BCUT2D eigenvalue weighted by Crippen LogP contribution is 2.65. The molecule has 0 aromatic carbocycles. The normalized spacial score (nSPS) is 31.4. The number of hydrogen-bond donors (Lipinski definition) is 1.